The van der Waals surface area contributed by atoms with E-state index in [2.05, 4.69) is 10.6 Å². The van der Waals surface area contributed by atoms with Crippen LogP contribution < -0.4 is 10.6 Å². The van der Waals surface area contributed by atoms with Crippen molar-refractivity contribution in [3.05, 3.63) is 89.5 Å². The number of hydrogen-bond acceptors (Lipinski definition) is 4. The van der Waals surface area contributed by atoms with Crippen LogP contribution in [0.2, 0.25) is 0 Å². The van der Waals surface area contributed by atoms with Gasteiger partial charge in [-0.3, -0.25) is 9.59 Å². The number of benzene rings is 3. The second-order valence-electron chi connectivity index (χ2n) is 9.57. The van der Waals surface area contributed by atoms with E-state index in [9.17, 15) is 24.6 Å². The van der Waals surface area contributed by atoms with E-state index in [1.54, 1.807) is 12.1 Å². The van der Waals surface area contributed by atoms with Gasteiger partial charge in [-0.2, -0.15) is 0 Å². The Labute approximate surface area is 210 Å². The molecule has 3 aromatic rings. The summed E-state index contributed by atoms with van der Waals surface area (Å²) in [5.41, 5.74) is 4.41. The van der Waals surface area contributed by atoms with Gasteiger partial charge in [-0.15, -0.1) is 0 Å². The molecule has 0 aromatic heterocycles. The lowest BCUT2D eigenvalue weighted by molar-refractivity contribution is -0.142. The van der Waals surface area contributed by atoms with Crippen molar-refractivity contribution in [2.45, 2.75) is 44.7 Å². The predicted octanol–water partition coefficient (Wildman–Crippen LogP) is 3.85. The molecule has 2 atom stereocenters. The first-order valence-electron chi connectivity index (χ1n) is 12.0. The Morgan fingerprint density at radius 1 is 0.806 bits per heavy atom. The molecule has 1 aliphatic rings. The minimum Gasteiger partial charge on any atom is -0.508 e. The van der Waals surface area contributed by atoms with Crippen LogP contribution in [0.1, 0.15) is 42.9 Å². The van der Waals surface area contributed by atoms with Gasteiger partial charge in [-0.1, -0.05) is 74.5 Å². The number of carbonyl (C=O) groups excluding carboxylic acids is 2. The first-order valence-corrected chi connectivity index (χ1v) is 12.0. The average Bonchev–Trinajstić information content (AvgIpc) is 3.18. The molecule has 7 heteroatoms. The normalized spacial score (nSPS) is 14.0. The molecule has 1 aliphatic carbocycles. The molecule has 0 bridgehead atoms. The van der Waals surface area contributed by atoms with Gasteiger partial charge >= 0.3 is 5.97 Å². The summed E-state index contributed by atoms with van der Waals surface area (Å²) < 4.78 is 0. The Morgan fingerprint density at radius 2 is 1.36 bits per heavy atom. The highest BCUT2D eigenvalue weighted by Gasteiger charge is 2.36. The van der Waals surface area contributed by atoms with Gasteiger partial charge in [0.05, 0.1) is 5.92 Å². The fourth-order valence-electron chi connectivity index (χ4n) is 4.74. The van der Waals surface area contributed by atoms with Crippen LogP contribution in [0.3, 0.4) is 0 Å². The van der Waals surface area contributed by atoms with Crippen molar-refractivity contribution in [1.29, 1.82) is 0 Å². The number of hydrogen-bond donors (Lipinski definition) is 4. The molecule has 0 aliphatic heterocycles. The largest absolute Gasteiger partial charge is 0.508 e. The Morgan fingerprint density at radius 3 is 1.89 bits per heavy atom. The zero-order valence-electron chi connectivity index (χ0n) is 20.3. The van der Waals surface area contributed by atoms with Crippen LogP contribution in [0.4, 0.5) is 0 Å². The molecule has 0 saturated carbocycles. The molecule has 2 amide bonds. The van der Waals surface area contributed by atoms with Crippen molar-refractivity contribution in [3.8, 4) is 16.9 Å². The minimum atomic E-state index is -1.12. The van der Waals surface area contributed by atoms with Gasteiger partial charge in [-0.25, -0.2) is 4.79 Å². The Balaban J connectivity index is 1.62. The number of rotatable bonds is 9. The maximum absolute atomic E-state index is 13.7. The molecule has 4 rings (SSSR count). The van der Waals surface area contributed by atoms with E-state index in [1.807, 2.05) is 62.4 Å². The zero-order chi connectivity index (χ0) is 25.8. The molecule has 0 radical (unpaired) electrons. The lowest BCUT2D eigenvalue weighted by Crippen LogP contribution is -2.53. The van der Waals surface area contributed by atoms with Gasteiger partial charge in [0.25, 0.3) is 0 Å². The molecule has 4 N–H and O–H groups in total. The smallest absolute Gasteiger partial charge is 0.326 e. The van der Waals surface area contributed by atoms with Crippen LogP contribution in [0, 0.1) is 5.92 Å². The van der Waals surface area contributed by atoms with Gasteiger partial charge in [0.2, 0.25) is 11.8 Å². The molecule has 0 fully saturated rings. The highest BCUT2D eigenvalue weighted by Crippen LogP contribution is 2.44. The molecule has 36 heavy (non-hydrogen) atoms. The zero-order valence-corrected chi connectivity index (χ0v) is 20.3. The van der Waals surface area contributed by atoms with E-state index in [-0.39, 0.29) is 30.4 Å². The van der Waals surface area contributed by atoms with Crippen molar-refractivity contribution >= 4 is 17.8 Å². The van der Waals surface area contributed by atoms with Crippen molar-refractivity contribution in [2.75, 3.05) is 0 Å². The molecule has 186 valence electrons. The van der Waals surface area contributed by atoms with E-state index in [1.165, 1.54) is 12.1 Å². The highest BCUT2D eigenvalue weighted by molar-refractivity contribution is 5.98. The maximum atomic E-state index is 13.7. The summed E-state index contributed by atoms with van der Waals surface area (Å²) in [4.78, 5) is 38.8. The Kier molecular flexibility index (Phi) is 7.38. The third-order valence-electron chi connectivity index (χ3n) is 6.43. The number of carbonyl (C=O) groups is 3. The summed E-state index contributed by atoms with van der Waals surface area (Å²) in [6.07, 6.45) is 0.409. The van der Waals surface area contributed by atoms with Crippen LogP contribution in [-0.4, -0.2) is 40.1 Å². The standard InChI is InChI=1S/C29H30N2O5/c1-17(2)15-25(29(35)36)31-27(33)24(16-18-11-13-19(32)14-12-18)30-28(34)26-22-9-5-3-7-20(22)21-8-4-6-10-23(21)26/h3-14,17,24-26,32H,15-16H2,1-2H3,(H,30,34)(H,31,33)(H,35,36)/t24-,25-/m0/s1. The number of aliphatic carboxylic acids is 1. The van der Waals surface area contributed by atoms with Gasteiger partial charge in [0.1, 0.15) is 17.8 Å². The van der Waals surface area contributed by atoms with Crippen molar-refractivity contribution in [1.82, 2.24) is 10.6 Å². The molecule has 0 spiro atoms. The van der Waals surface area contributed by atoms with E-state index in [0.29, 0.717) is 0 Å². The monoisotopic (exact) mass is 486 g/mol. The van der Waals surface area contributed by atoms with E-state index < -0.39 is 29.9 Å². The van der Waals surface area contributed by atoms with Crippen molar-refractivity contribution in [2.24, 2.45) is 5.92 Å². The Bertz CT molecular complexity index is 1220. The van der Waals surface area contributed by atoms with E-state index in [0.717, 1.165) is 27.8 Å². The van der Waals surface area contributed by atoms with Gasteiger partial charge in [-0.05, 0) is 52.3 Å². The molecular formula is C29H30N2O5. The lowest BCUT2D eigenvalue weighted by Gasteiger charge is -2.24. The number of phenolic OH excluding ortho intramolecular Hbond substituents is 1. The minimum absolute atomic E-state index is 0.0584. The first-order chi connectivity index (χ1) is 17.2. The van der Waals surface area contributed by atoms with Crippen LogP contribution >= 0.6 is 0 Å². The number of carboxylic acid groups (broad SMARTS) is 1. The Hall–Kier alpha value is -4.13. The number of phenols is 1. The van der Waals surface area contributed by atoms with Crippen LogP contribution in [0.5, 0.6) is 5.75 Å². The number of aromatic hydroxyl groups is 1. The van der Waals surface area contributed by atoms with Gasteiger partial charge in [0.15, 0.2) is 0 Å². The summed E-state index contributed by atoms with van der Waals surface area (Å²) in [5, 5.41) is 24.7. The van der Waals surface area contributed by atoms with Crippen molar-refractivity contribution in [3.63, 3.8) is 0 Å². The SMILES string of the molecule is CC(C)C[C@H](NC(=O)[C@H](Cc1ccc(O)cc1)NC(=O)C1c2ccccc2-c2ccccc21)C(=O)O. The number of amides is 2. The second-order valence-corrected chi connectivity index (χ2v) is 9.57. The summed E-state index contributed by atoms with van der Waals surface area (Å²) in [5.74, 6) is -2.45. The molecular weight excluding hydrogens is 456 g/mol. The number of carboxylic acids is 1. The summed E-state index contributed by atoms with van der Waals surface area (Å²) in [7, 11) is 0. The van der Waals surface area contributed by atoms with E-state index >= 15 is 0 Å². The highest BCUT2D eigenvalue weighted by atomic mass is 16.4. The third kappa shape index (κ3) is 5.40. The van der Waals surface area contributed by atoms with Gasteiger partial charge in [0, 0.05) is 6.42 Å². The molecule has 7 nitrogen and oxygen atoms in total. The quantitative estimate of drug-likeness (QED) is 0.367. The number of nitrogens with one attached hydrogen (secondary N) is 2. The molecule has 3 aromatic carbocycles. The summed E-state index contributed by atoms with van der Waals surface area (Å²) >= 11 is 0. The lowest BCUT2D eigenvalue weighted by atomic mass is 9.95. The molecule has 0 saturated heterocycles. The molecule has 0 heterocycles. The summed E-state index contributed by atoms with van der Waals surface area (Å²) in [6, 6.07) is 19.7. The van der Waals surface area contributed by atoms with Gasteiger partial charge < -0.3 is 20.8 Å². The third-order valence-corrected chi connectivity index (χ3v) is 6.43. The second kappa shape index (κ2) is 10.6. The first kappa shape index (κ1) is 25.0. The fourth-order valence-corrected chi connectivity index (χ4v) is 4.74. The number of fused-ring (bicyclic) bond motifs is 3. The fraction of sp³-hybridized carbons (Fsp3) is 0.276. The predicted molar refractivity (Wildman–Crippen MR) is 136 cm³/mol. The van der Waals surface area contributed by atoms with E-state index in [4.69, 9.17) is 0 Å². The molecule has 0 unspecified atom stereocenters. The maximum Gasteiger partial charge on any atom is 0.326 e. The van der Waals surface area contributed by atoms with Crippen LogP contribution in [0.25, 0.3) is 11.1 Å². The topological polar surface area (TPSA) is 116 Å². The van der Waals surface area contributed by atoms with Crippen molar-refractivity contribution < 1.29 is 24.6 Å². The summed E-state index contributed by atoms with van der Waals surface area (Å²) in [6.45, 7) is 3.76. The van der Waals surface area contributed by atoms with Crippen LogP contribution in [-0.2, 0) is 20.8 Å². The van der Waals surface area contributed by atoms with Crippen LogP contribution in [0.15, 0.2) is 72.8 Å². The average molecular weight is 487 g/mol.